The van der Waals surface area contributed by atoms with Crippen molar-refractivity contribution in [2.45, 2.75) is 84.0 Å². The van der Waals surface area contributed by atoms with Crippen LogP contribution in [-0.2, 0) is 0 Å². The molecule has 0 amide bonds. The second-order valence-corrected chi connectivity index (χ2v) is 6.42. The first kappa shape index (κ1) is 19.7. The lowest BCUT2D eigenvalue weighted by Crippen LogP contribution is -1.97. The molecule has 0 N–H and O–H groups in total. The molecule has 2 heteroatoms. The predicted molar refractivity (Wildman–Crippen MR) is 98.4 cm³/mol. The lowest BCUT2D eigenvalue weighted by molar-refractivity contribution is 0.112. The van der Waals surface area contributed by atoms with E-state index in [0.29, 0.717) is 5.56 Å². The first-order valence-electron chi connectivity index (χ1n) is 9.55. The molecular weight excluding hydrogens is 284 g/mol. The molecule has 1 aromatic rings. The smallest absolute Gasteiger partial charge is 0.150 e. The molecule has 23 heavy (non-hydrogen) atoms. The lowest BCUT2D eigenvalue weighted by Gasteiger charge is -2.06. The molecule has 0 saturated carbocycles. The lowest BCUT2D eigenvalue weighted by atomic mass is 10.1. The van der Waals surface area contributed by atoms with E-state index in [0.717, 1.165) is 25.1 Å². The van der Waals surface area contributed by atoms with Crippen LogP contribution in [0.25, 0.3) is 0 Å². The molecule has 0 heterocycles. The molecule has 1 rings (SSSR count). The Labute approximate surface area is 142 Å². The molecule has 0 bridgehead atoms. The standard InChI is InChI=1S/C21H34O2/c1-2-3-4-5-6-7-8-9-10-11-12-13-18-23-21-16-14-20(19-22)15-17-21/h14-17,19H,2-13,18H2,1H3. The highest BCUT2D eigenvalue weighted by Crippen LogP contribution is 2.14. The van der Waals surface area contributed by atoms with E-state index < -0.39 is 0 Å². The van der Waals surface area contributed by atoms with Crippen molar-refractivity contribution in [2.24, 2.45) is 0 Å². The van der Waals surface area contributed by atoms with Gasteiger partial charge in [0.1, 0.15) is 12.0 Å². The van der Waals surface area contributed by atoms with Gasteiger partial charge in [-0.3, -0.25) is 4.79 Å². The Morgan fingerprint density at radius 1 is 0.739 bits per heavy atom. The molecule has 1 aromatic carbocycles. The molecule has 0 saturated heterocycles. The van der Waals surface area contributed by atoms with Crippen molar-refractivity contribution in [1.29, 1.82) is 0 Å². The molecule has 0 unspecified atom stereocenters. The number of rotatable bonds is 15. The van der Waals surface area contributed by atoms with Crippen molar-refractivity contribution in [2.75, 3.05) is 6.61 Å². The monoisotopic (exact) mass is 318 g/mol. The van der Waals surface area contributed by atoms with Crippen LogP contribution in [0.4, 0.5) is 0 Å². The third kappa shape index (κ3) is 11.0. The second-order valence-electron chi connectivity index (χ2n) is 6.42. The van der Waals surface area contributed by atoms with Gasteiger partial charge in [0.05, 0.1) is 6.61 Å². The van der Waals surface area contributed by atoms with E-state index in [4.69, 9.17) is 4.74 Å². The summed E-state index contributed by atoms with van der Waals surface area (Å²) in [5.74, 6) is 0.860. The van der Waals surface area contributed by atoms with Crippen LogP contribution in [0.3, 0.4) is 0 Å². The van der Waals surface area contributed by atoms with Gasteiger partial charge in [0.2, 0.25) is 0 Å². The van der Waals surface area contributed by atoms with Gasteiger partial charge in [0, 0.05) is 5.56 Å². The van der Waals surface area contributed by atoms with Crippen LogP contribution in [0.2, 0.25) is 0 Å². The molecule has 0 atom stereocenters. The molecule has 0 aliphatic heterocycles. The van der Waals surface area contributed by atoms with E-state index in [1.165, 1.54) is 70.6 Å². The molecule has 2 nitrogen and oxygen atoms in total. The van der Waals surface area contributed by atoms with E-state index in [9.17, 15) is 4.79 Å². The minimum absolute atomic E-state index is 0.697. The maximum absolute atomic E-state index is 10.6. The summed E-state index contributed by atoms with van der Waals surface area (Å²) < 4.78 is 5.68. The molecule has 0 radical (unpaired) electrons. The average molecular weight is 319 g/mol. The van der Waals surface area contributed by atoms with Gasteiger partial charge in [-0.05, 0) is 30.7 Å². The summed E-state index contributed by atoms with van der Waals surface area (Å²) in [5.41, 5.74) is 0.697. The van der Waals surface area contributed by atoms with Gasteiger partial charge >= 0.3 is 0 Å². The van der Waals surface area contributed by atoms with Crippen LogP contribution in [-0.4, -0.2) is 12.9 Å². The van der Waals surface area contributed by atoms with Gasteiger partial charge in [-0.15, -0.1) is 0 Å². The fraction of sp³-hybridized carbons (Fsp3) is 0.667. The van der Waals surface area contributed by atoms with Crippen molar-refractivity contribution in [1.82, 2.24) is 0 Å². The van der Waals surface area contributed by atoms with Gasteiger partial charge in [0.15, 0.2) is 0 Å². The highest BCUT2D eigenvalue weighted by molar-refractivity contribution is 5.74. The van der Waals surface area contributed by atoms with E-state index in [1.807, 2.05) is 12.1 Å². The molecule has 130 valence electrons. The summed E-state index contributed by atoms with van der Waals surface area (Å²) in [6.07, 6.45) is 17.2. The molecule has 0 aliphatic rings. The van der Waals surface area contributed by atoms with E-state index in [2.05, 4.69) is 6.92 Å². The Balaban J connectivity index is 1.83. The summed E-state index contributed by atoms with van der Waals surface area (Å²) in [5, 5.41) is 0. The number of unbranched alkanes of at least 4 members (excludes halogenated alkanes) is 11. The van der Waals surface area contributed by atoms with Crippen molar-refractivity contribution in [3.8, 4) is 5.75 Å². The highest BCUT2D eigenvalue weighted by atomic mass is 16.5. The van der Waals surface area contributed by atoms with Crippen LogP contribution >= 0.6 is 0 Å². The minimum Gasteiger partial charge on any atom is -0.494 e. The van der Waals surface area contributed by atoms with Gasteiger partial charge in [-0.2, -0.15) is 0 Å². The third-order valence-corrected chi connectivity index (χ3v) is 4.28. The fourth-order valence-electron chi connectivity index (χ4n) is 2.78. The molecule has 0 aliphatic carbocycles. The molecule has 0 fully saturated rings. The maximum atomic E-state index is 10.6. The first-order valence-corrected chi connectivity index (χ1v) is 9.55. The Bertz CT molecular complexity index is 383. The van der Waals surface area contributed by atoms with Crippen LogP contribution in [0.1, 0.15) is 94.3 Å². The number of hydrogen-bond donors (Lipinski definition) is 0. The summed E-state index contributed by atoms with van der Waals surface area (Å²) >= 11 is 0. The summed E-state index contributed by atoms with van der Waals surface area (Å²) in [7, 11) is 0. The van der Waals surface area contributed by atoms with E-state index in [-0.39, 0.29) is 0 Å². The number of ether oxygens (including phenoxy) is 1. The normalized spacial score (nSPS) is 10.7. The largest absolute Gasteiger partial charge is 0.494 e. The summed E-state index contributed by atoms with van der Waals surface area (Å²) in [4.78, 5) is 10.6. The van der Waals surface area contributed by atoms with Crippen LogP contribution in [0.5, 0.6) is 5.75 Å². The fourth-order valence-corrected chi connectivity index (χ4v) is 2.78. The topological polar surface area (TPSA) is 26.3 Å². The SMILES string of the molecule is CCCCCCCCCCCCCCOc1ccc(C=O)cc1. The van der Waals surface area contributed by atoms with Crippen molar-refractivity contribution >= 4 is 6.29 Å². The first-order chi connectivity index (χ1) is 11.4. The highest BCUT2D eigenvalue weighted by Gasteiger charge is 1.96. The van der Waals surface area contributed by atoms with Gasteiger partial charge in [-0.1, -0.05) is 77.6 Å². The zero-order chi connectivity index (χ0) is 16.6. The number of carbonyl (C=O) groups is 1. The van der Waals surface area contributed by atoms with Crippen LogP contribution in [0.15, 0.2) is 24.3 Å². The number of aldehydes is 1. The van der Waals surface area contributed by atoms with Crippen molar-refractivity contribution in [3.63, 3.8) is 0 Å². The van der Waals surface area contributed by atoms with Crippen molar-refractivity contribution < 1.29 is 9.53 Å². The Hall–Kier alpha value is -1.31. The van der Waals surface area contributed by atoms with Crippen LogP contribution in [0, 0.1) is 0 Å². The van der Waals surface area contributed by atoms with E-state index in [1.54, 1.807) is 12.1 Å². The molecule has 0 aromatic heterocycles. The Morgan fingerprint density at radius 3 is 1.70 bits per heavy atom. The van der Waals surface area contributed by atoms with Crippen LogP contribution < -0.4 is 4.74 Å². The number of hydrogen-bond acceptors (Lipinski definition) is 2. The van der Waals surface area contributed by atoms with E-state index >= 15 is 0 Å². The maximum Gasteiger partial charge on any atom is 0.150 e. The predicted octanol–water partition coefficient (Wildman–Crippen LogP) is 6.58. The van der Waals surface area contributed by atoms with Gasteiger partial charge in [0.25, 0.3) is 0 Å². The zero-order valence-corrected chi connectivity index (χ0v) is 14.9. The molecular formula is C21H34O2. The minimum atomic E-state index is 0.697. The van der Waals surface area contributed by atoms with Gasteiger partial charge < -0.3 is 4.74 Å². The Morgan fingerprint density at radius 2 is 1.22 bits per heavy atom. The Kier molecular flexibility index (Phi) is 12.3. The van der Waals surface area contributed by atoms with Gasteiger partial charge in [-0.25, -0.2) is 0 Å². The number of benzene rings is 1. The van der Waals surface area contributed by atoms with Crippen molar-refractivity contribution in [3.05, 3.63) is 29.8 Å². The second kappa shape index (κ2) is 14.3. The summed E-state index contributed by atoms with van der Waals surface area (Å²) in [6.45, 7) is 3.05. The zero-order valence-electron chi connectivity index (χ0n) is 14.9. The molecule has 0 spiro atoms. The summed E-state index contributed by atoms with van der Waals surface area (Å²) in [6, 6.07) is 7.32. The average Bonchev–Trinajstić information content (AvgIpc) is 2.59. The quantitative estimate of drug-likeness (QED) is 0.270. The number of carbonyl (C=O) groups excluding carboxylic acids is 1. The third-order valence-electron chi connectivity index (χ3n) is 4.28.